The van der Waals surface area contributed by atoms with E-state index in [0.717, 1.165) is 6.61 Å². The molecule has 1 amide bonds. The first-order valence-corrected chi connectivity index (χ1v) is 4.79. The van der Waals surface area contributed by atoms with Gasteiger partial charge in [-0.15, -0.1) is 0 Å². The van der Waals surface area contributed by atoms with Gasteiger partial charge in [-0.25, -0.2) is 0 Å². The lowest BCUT2D eigenvalue weighted by atomic mass is 10.2. The molecule has 1 aromatic rings. The Balaban J connectivity index is 1.95. The standard InChI is InChI=1S/C10H10ClNO2/c11-8-3-1-2-7(4-8)10(13)12-5-9-6-14-9/h1-4,9H,5-6H2,(H,12,13)/t9-/m0/s1. The van der Waals surface area contributed by atoms with E-state index in [1.807, 2.05) is 0 Å². The van der Waals surface area contributed by atoms with E-state index in [4.69, 9.17) is 16.3 Å². The van der Waals surface area contributed by atoms with Gasteiger partial charge in [0.05, 0.1) is 12.7 Å². The van der Waals surface area contributed by atoms with Gasteiger partial charge in [-0.05, 0) is 18.2 Å². The molecule has 1 N–H and O–H groups in total. The van der Waals surface area contributed by atoms with Gasteiger partial charge in [0.15, 0.2) is 0 Å². The molecule has 0 aromatic heterocycles. The van der Waals surface area contributed by atoms with Gasteiger partial charge >= 0.3 is 0 Å². The fourth-order valence-electron chi connectivity index (χ4n) is 1.12. The second-order valence-corrected chi connectivity index (χ2v) is 3.61. The molecule has 0 saturated carbocycles. The number of amides is 1. The second-order valence-electron chi connectivity index (χ2n) is 3.18. The Hall–Kier alpha value is -1.06. The molecule has 0 bridgehead atoms. The monoisotopic (exact) mass is 211 g/mol. The molecule has 1 fully saturated rings. The molecule has 14 heavy (non-hydrogen) atoms. The molecule has 2 rings (SSSR count). The average molecular weight is 212 g/mol. The van der Waals surface area contributed by atoms with Crippen molar-refractivity contribution in [3.63, 3.8) is 0 Å². The second kappa shape index (κ2) is 3.98. The molecule has 3 nitrogen and oxygen atoms in total. The topological polar surface area (TPSA) is 41.6 Å². The molecule has 0 unspecified atom stereocenters. The third kappa shape index (κ3) is 2.47. The smallest absolute Gasteiger partial charge is 0.251 e. The summed E-state index contributed by atoms with van der Waals surface area (Å²) >= 11 is 5.76. The Bertz CT molecular complexity index is 350. The third-order valence-corrected chi connectivity index (χ3v) is 2.21. The Morgan fingerprint density at radius 1 is 1.64 bits per heavy atom. The summed E-state index contributed by atoms with van der Waals surface area (Å²) in [4.78, 5) is 11.5. The van der Waals surface area contributed by atoms with Gasteiger partial charge in [-0.3, -0.25) is 4.79 Å². The van der Waals surface area contributed by atoms with Crippen molar-refractivity contribution in [3.05, 3.63) is 34.9 Å². The predicted octanol–water partition coefficient (Wildman–Crippen LogP) is 1.47. The molecule has 0 radical (unpaired) electrons. The number of ether oxygens (including phenoxy) is 1. The summed E-state index contributed by atoms with van der Waals surface area (Å²) in [5, 5.41) is 3.34. The summed E-state index contributed by atoms with van der Waals surface area (Å²) in [7, 11) is 0. The van der Waals surface area contributed by atoms with Crippen LogP contribution in [-0.2, 0) is 4.74 Å². The van der Waals surface area contributed by atoms with E-state index in [9.17, 15) is 4.79 Å². The number of halogens is 1. The van der Waals surface area contributed by atoms with Crippen molar-refractivity contribution >= 4 is 17.5 Å². The van der Waals surface area contributed by atoms with Crippen LogP contribution in [0.5, 0.6) is 0 Å². The molecule has 1 saturated heterocycles. The highest BCUT2D eigenvalue weighted by atomic mass is 35.5. The van der Waals surface area contributed by atoms with Crippen LogP contribution in [-0.4, -0.2) is 25.2 Å². The van der Waals surface area contributed by atoms with Gasteiger partial charge < -0.3 is 10.1 Å². The Kier molecular flexibility index (Phi) is 2.70. The van der Waals surface area contributed by atoms with E-state index in [2.05, 4.69) is 5.32 Å². The van der Waals surface area contributed by atoms with Crippen molar-refractivity contribution in [1.29, 1.82) is 0 Å². The number of hydrogen-bond acceptors (Lipinski definition) is 2. The lowest BCUT2D eigenvalue weighted by Gasteiger charge is -2.02. The van der Waals surface area contributed by atoms with Crippen LogP contribution in [0.25, 0.3) is 0 Å². The van der Waals surface area contributed by atoms with Gasteiger partial charge in [0.2, 0.25) is 0 Å². The summed E-state index contributed by atoms with van der Waals surface area (Å²) in [5.74, 6) is -0.108. The molecule has 1 heterocycles. The number of hydrogen-bond donors (Lipinski definition) is 1. The maximum atomic E-state index is 11.5. The van der Waals surface area contributed by atoms with Crippen molar-refractivity contribution in [2.24, 2.45) is 0 Å². The number of carbonyl (C=O) groups excluding carboxylic acids is 1. The van der Waals surface area contributed by atoms with Crippen molar-refractivity contribution in [2.75, 3.05) is 13.2 Å². The largest absolute Gasteiger partial charge is 0.371 e. The Morgan fingerprint density at radius 2 is 2.43 bits per heavy atom. The normalized spacial score (nSPS) is 19.1. The van der Waals surface area contributed by atoms with E-state index in [1.165, 1.54) is 0 Å². The van der Waals surface area contributed by atoms with Gasteiger partial charge in [0.25, 0.3) is 5.91 Å². The fraction of sp³-hybridized carbons (Fsp3) is 0.300. The first-order chi connectivity index (χ1) is 6.75. The number of carbonyl (C=O) groups is 1. The Labute approximate surface area is 87.0 Å². The first-order valence-electron chi connectivity index (χ1n) is 4.41. The zero-order valence-corrected chi connectivity index (χ0v) is 8.25. The minimum Gasteiger partial charge on any atom is -0.371 e. The quantitative estimate of drug-likeness (QED) is 0.770. The highest BCUT2D eigenvalue weighted by Gasteiger charge is 2.22. The average Bonchev–Trinajstić information content (AvgIpc) is 2.97. The zero-order chi connectivity index (χ0) is 9.97. The van der Waals surface area contributed by atoms with E-state index >= 15 is 0 Å². The summed E-state index contributed by atoms with van der Waals surface area (Å²) in [6, 6.07) is 6.87. The molecule has 0 aliphatic carbocycles. The van der Waals surface area contributed by atoms with Gasteiger partial charge in [0, 0.05) is 17.1 Å². The van der Waals surface area contributed by atoms with Crippen LogP contribution >= 0.6 is 11.6 Å². The molecule has 0 spiro atoms. The van der Waals surface area contributed by atoms with E-state index in [0.29, 0.717) is 17.1 Å². The Morgan fingerprint density at radius 3 is 3.07 bits per heavy atom. The van der Waals surface area contributed by atoms with Crippen LogP contribution < -0.4 is 5.32 Å². The number of epoxide rings is 1. The third-order valence-electron chi connectivity index (χ3n) is 1.98. The highest BCUT2D eigenvalue weighted by Crippen LogP contribution is 2.11. The maximum absolute atomic E-state index is 11.5. The minimum absolute atomic E-state index is 0.108. The van der Waals surface area contributed by atoms with E-state index in [1.54, 1.807) is 24.3 Å². The van der Waals surface area contributed by atoms with Crippen molar-refractivity contribution < 1.29 is 9.53 Å². The molecule has 74 valence electrons. The molecule has 1 atom stereocenters. The summed E-state index contributed by atoms with van der Waals surface area (Å²) in [6.45, 7) is 1.32. The SMILES string of the molecule is O=C(NC[C@H]1CO1)c1cccc(Cl)c1. The van der Waals surface area contributed by atoms with Gasteiger partial charge in [-0.2, -0.15) is 0 Å². The van der Waals surface area contributed by atoms with Crippen LogP contribution in [0.2, 0.25) is 5.02 Å². The molecule has 1 aliphatic rings. The zero-order valence-electron chi connectivity index (χ0n) is 7.50. The summed E-state index contributed by atoms with van der Waals surface area (Å²) < 4.78 is 4.98. The van der Waals surface area contributed by atoms with Crippen molar-refractivity contribution in [2.45, 2.75) is 6.10 Å². The van der Waals surface area contributed by atoms with Gasteiger partial charge in [-0.1, -0.05) is 17.7 Å². The summed E-state index contributed by atoms with van der Waals surface area (Å²) in [5.41, 5.74) is 0.582. The molecule has 1 aliphatic heterocycles. The number of benzene rings is 1. The van der Waals surface area contributed by atoms with E-state index < -0.39 is 0 Å². The van der Waals surface area contributed by atoms with Crippen molar-refractivity contribution in [1.82, 2.24) is 5.32 Å². The van der Waals surface area contributed by atoms with Crippen LogP contribution in [0.15, 0.2) is 24.3 Å². The van der Waals surface area contributed by atoms with Crippen LogP contribution in [0, 0.1) is 0 Å². The maximum Gasteiger partial charge on any atom is 0.251 e. The van der Waals surface area contributed by atoms with Crippen LogP contribution in [0.4, 0.5) is 0 Å². The lowest BCUT2D eigenvalue weighted by Crippen LogP contribution is -2.27. The predicted molar refractivity (Wildman–Crippen MR) is 53.5 cm³/mol. The van der Waals surface area contributed by atoms with Gasteiger partial charge in [0.1, 0.15) is 0 Å². The molecule has 4 heteroatoms. The van der Waals surface area contributed by atoms with Crippen LogP contribution in [0.3, 0.4) is 0 Å². The highest BCUT2D eigenvalue weighted by molar-refractivity contribution is 6.30. The van der Waals surface area contributed by atoms with E-state index in [-0.39, 0.29) is 12.0 Å². The minimum atomic E-state index is -0.108. The number of nitrogens with one attached hydrogen (secondary N) is 1. The lowest BCUT2D eigenvalue weighted by molar-refractivity contribution is 0.0950. The fourth-order valence-corrected chi connectivity index (χ4v) is 1.31. The summed E-state index contributed by atoms with van der Waals surface area (Å²) in [6.07, 6.45) is 0.207. The number of rotatable bonds is 3. The molecular formula is C10H10ClNO2. The molecule has 1 aromatic carbocycles. The van der Waals surface area contributed by atoms with Crippen molar-refractivity contribution in [3.8, 4) is 0 Å². The van der Waals surface area contributed by atoms with Crippen LogP contribution in [0.1, 0.15) is 10.4 Å². The molecular weight excluding hydrogens is 202 g/mol. The first kappa shape index (κ1) is 9.49.